The number of anilines is 1. The molecule has 2 heterocycles. The van der Waals surface area contributed by atoms with Crippen LogP contribution in [0.15, 0.2) is 59.6 Å². The van der Waals surface area contributed by atoms with Crippen LogP contribution in [0.5, 0.6) is 0 Å². The highest BCUT2D eigenvalue weighted by Crippen LogP contribution is 2.30. The number of nitrogens with one attached hydrogen (secondary N) is 1. The van der Waals surface area contributed by atoms with Crippen molar-refractivity contribution in [2.45, 2.75) is 37.5 Å². The van der Waals surface area contributed by atoms with Crippen molar-refractivity contribution < 1.29 is 18.7 Å². The third-order valence-electron chi connectivity index (χ3n) is 5.30. The molecule has 1 fully saturated rings. The number of carbonyl (C=O) groups is 2. The molecule has 1 aliphatic rings. The van der Waals surface area contributed by atoms with Gasteiger partial charge >= 0.3 is 0 Å². The van der Waals surface area contributed by atoms with Crippen LogP contribution in [0.2, 0.25) is 0 Å². The van der Waals surface area contributed by atoms with Gasteiger partial charge in [0.25, 0.3) is 0 Å². The normalized spacial score (nSPS) is 18.7. The predicted molar refractivity (Wildman–Crippen MR) is 124 cm³/mol. The summed E-state index contributed by atoms with van der Waals surface area (Å²) >= 11 is 1.39. The number of benzene rings is 2. The number of hydrogen-bond acceptors (Lipinski definition) is 4. The van der Waals surface area contributed by atoms with Gasteiger partial charge in [-0.05, 0) is 38.1 Å². The van der Waals surface area contributed by atoms with Crippen LogP contribution >= 0.6 is 11.8 Å². The Morgan fingerprint density at radius 1 is 1.12 bits per heavy atom. The van der Waals surface area contributed by atoms with Crippen LogP contribution in [-0.2, 0) is 20.9 Å². The molecule has 1 saturated heterocycles. The molecule has 1 N–H and O–H groups in total. The summed E-state index contributed by atoms with van der Waals surface area (Å²) in [6.45, 7) is 5.36. The summed E-state index contributed by atoms with van der Waals surface area (Å²) < 4.78 is 21.0. The summed E-state index contributed by atoms with van der Waals surface area (Å²) in [6, 6.07) is 13.7. The number of carbonyl (C=O) groups excluding carboxylic acids is 2. The SMILES string of the molecule is C[C@@H]1CN(C(=O)Cn2cc(SCC(=O)Nc3cccc(F)c3)c3ccccc32)C[C@@H](C)O1. The van der Waals surface area contributed by atoms with Crippen LogP contribution in [0.3, 0.4) is 0 Å². The average Bonchev–Trinajstić information content (AvgIpc) is 3.09. The molecule has 2 amide bonds. The molecular formula is C24H26FN3O3S. The zero-order valence-corrected chi connectivity index (χ0v) is 18.9. The summed E-state index contributed by atoms with van der Waals surface area (Å²) in [6.07, 6.45) is 1.97. The van der Waals surface area contributed by atoms with E-state index in [1.807, 2.05) is 53.8 Å². The molecule has 0 aliphatic carbocycles. The van der Waals surface area contributed by atoms with E-state index in [9.17, 15) is 14.0 Å². The van der Waals surface area contributed by atoms with E-state index in [4.69, 9.17) is 4.74 Å². The van der Waals surface area contributed by atoms with E-state index < -0.39 is 5.82 Å². The lowest BCUT2D eigenvalue weighted by atomic mass is 10.2. The van der Waals surface area contributed by atoms with Gasteiger partial charge in [0.15, 0.2) is 0 Å². The number of hydrogen-bond donors (Lipinski definition) is 1. The molecular weight excluding hydrogens is 429 g/mol. The predicted octanol–water partition coefficient (Wildman–Crippen LogP) is 4.15. The number of halogens is 1. The molecule has 168 valence electrons. The van der Waals surface area contributed by atoms with Crippen molar-refractivity contribution in [3.63, 3.8) is 0 Å². The summed E-state index contributed by atoms with van der Waals surface area (Å²) in [7, 11) is 0. The molecule has 0 radical (unpaired) electrons. The second kappa shape index (κ2) is 9.75. The number of fused-ring (bicyclic) bond motifs is 1. The van der Waals surface area contributed by atoms with Crippen LogP contribution in [0.4, 0.5) is 10.1 Å². The molecule has 3 aromatic rings. The molecule has 6 nitrogen and oxygen atoms in total. The minimum Gasteiger partial charge on any atom is -0.372 e. The Morgan fingerprint density at radius 3 is 2.62 bits per heavy atom. The van der Waals surface area contributed by atoms with Crippen molar-refractivity contribution in [2.75, 3.05) is 24.2 Å². The van der Waals surface area contributed by atoms with Gasteiger partial charge in [0, 0.05) is 40.8 Å². The van der Waals surface area contributed by atoms with Crippen molar-refractivity contribution in [1.82, 2.24) is 9.47 Å². The number of morpholine rings is 1. The molecule has 1 aromatic heterocycles. The van der Waals surface area contributed by atoms with Gasteiger partial charge in [-0.25, -0.2) is 4.39 Å². The first-order valence-electron chi connectivity index (χ1n) is 10.6. The van der Waals surface area contributed by atoms with Gasteiger partial charge in [0.2, 0.25) is 11.8 Å². The maximum Gasteiger partial charge on any atom is 0.242 e. The number of ether oxygens (including phenoxy) is 1. The maximum atomic E-state index is 13.3. The van der Waals surface area contributed by atoms with Crippen LogP contribution in [0.25, 0.3) is 10.9 Å². The summed E-state index contributed by atoms with van der Waals surface area (Å²) in [5.41, 5.74) is 1.38. The lowest BCUT2D eigenvalue weighted by Gasteiger charge is -2.35. The van der Waals surface area contributed by atoms with Gasteiger partial charge in [-0.2, -0.15) is 0 Å². The first-order chi connectivity index (χ1) is 15.4. The quantitative estimate of drug-likeness (QED) is 0.568. The smallest absolute Gasteiger partial charge is 0.242 e. The highest BCUT2D eigenvalue weighted by molar-refractivity contribution is 8.00. The zero-order valence-electron chi connectivity index (χ0n) is 18.1. The molecule has 1 aliphatic heterocycles. The van der Waals surface area contributed by atoms with Crippen molar-refractivity contribution in [2.24, 2.45) is 0 Å². The summed E-state index contributed by atoms with van der Waals surface area (Å²) in [5, 5.41) is 3.71. The third kappa shape index (κ3) is 5.31. The van der Waals surface area contributed by atoms with E-state index in [-0.39, 0.29) is 36.3 Å². The minimum atomic E-state index is -0.396. The van der Waals surface area contributed by atoms with Gasteiger partial charge in [-0.1, -0.05) is 24.3 Å². The average molecular weight is 456 g/mol. The van der Waals surface area contributed by atoms with E-state index in [1.165, 1.54) is 23.9 Å². The molecule has 4 rings (SSSR count). The van der Waals surface area contributed by atoms with Crippen LogP contribution in [0, 0.1) is 5.82 Å². The summed E-state index contributed by atoms with van der Waals surface area (Å²) in [5.74, 6) is -0.387. The zero-order chi connectivity index (χ0) is 22.7. The number of thioether (sulfide) groups is 1. The third-order valence-corrected chi connectivity index (χ3v) is 6.34. The number of amides is 2. The lowest BCUT2D eigenvalue weighted by molar-refractivity contribution is -0.143. The number of aromatic nitrogens is 1. The van der Waals surface area contributed by atoms with Gasteiger partial charge in [-0.3, -0.25) is 9.59 Å². The topological polar surface area (TPSA) is 63.6 Å². The molecule has 0 bridgehead atoms. The Labute approximate surface area is 190 Å². The highest BCUT2D eigenvalue weighted by Gasteiger charge is 2.26. The lowest BCUT2D eigenvalue weighted by Crippen LogP contribution is -2.49. The van der Waals surface area contributed by atoms with Crippen molar-refractivity contribution in [1.29, 1.82) is 0 Å². The van der Waals surface area contributed by atoms with Gasteiger partial charge in [-0.15, -0.1) is 11.8 Å². The Kier molecular flexibility index (Phi) is 6.81. The second-order valence-electron chi connectivity index (χ2n) is 8.04. The first-order valence-corrected chi connectivity index (χ1v) is 11.6. The van der Waals surface area contributed by atoms with Crippen molar-refractivity contribution >= 4 is 40.2 Å². The van der Waals surface area contributed by atoms with E-state index in [0.29, 0.717) is 18.8 Å². The largest absolute Gasteiger partial charge is 0.372 e. The van der Waals surface area contributed by atoms with Crippen molar-refractivity contribution in [3.8, 4) is 0 Å². The number of nitrogens with zero attached hydrogens (tertiary/aromatic N) is 2. The molecule has 32 heavy (non-hydrogen) atoms. The fourth-order valence-electron chi connectivity index (χ4n) is 3.99. The van der Waals surface area contributed by atoms with Crippen LogP contribution in [0.1, 0.15) is 13.8 Å². The van der Waals surface area contributed by atoms with Crippen molar-refractivity contribution in [3.05, 3.63) is 60.5 Å². The second-order valence-corrected chi connectivity index (χ2v) is 9.06. The van der Waals surface area contributed by atoms with Gasteiger partial charge < -0.3 is 19.5 Å². The molecule has 8 heteroatoms. The van der Waals surface area contributed by atoms with Crippen LogP contribution in [-0.4, -0.2) is 52.3 Å². The summed E-state index contributed by atoms with van der Waals surface area (Å²) in [4.78, 5) is 28.1. The first kappa shape index (κ1) is 22.4. The molecule has 2 aromatic carbocycles. The van der Waals surface area contributed by atoms with E-state index >= 15 is 0 Å². The van der Waals surface area contributed by atoms with E-state index in [1.54, 1.807) is 12.1 Å². The Balaban J connectivity index is 1.45. The number of para-hydroxylation sites is 1. The molecule has 0 spiro atoms. The fourth-order valence-corrected chi connectivity index (χ4v) is 4.88. The molecule has 2 atom stereocenters. The Bertz CT molecular complexity index is 1120. The fraction of sp³-hybridized carbons (Fsp3) is 0.333. The molecule has 0 unspecified atom stereocenters. The maximum absolute atomic E-state index is 13.3. The van der Waals surface area contributed by atoms with Gasteiger partial charge in [0.05, 0.1) is 18.0 Å². The van der Waals surface area contributed by atoms with E-state index in [0.717, 1.165) is 15.8 Å². The standard InChI is InChI=1S/C24H26FN3O3S/c1-16-11-28(12-17(2)31-16)24(30)14-27-13-22(20-8-3-4-9-21(20)27)32-15-23(29)26-19-7-5-6-18(25)10-19/h3-10,13,16-17H,11-12,14-15H2,1-2H3,(H,26,29)/t16-,17-/m1/s1. The minimum absolute atomic E-state index is 0.0202. The van der Waals surface area contributed by atoms with Crippen LogP contribution < -0.4 is 5.32 Å². The Hall–Kier alpha value is -2.84. The van der Waals surface area contributed by atoms with E-state index in [2.05, 4.69) is 5.32 Å². The number of rotatable bonds is 6. The monoisotopic (exact) mass is 455 g/mol. The van der Waals surface area contributed by atoms with Gasteiger partial charge in [0.1, 0.15) is 12.4 Å². The molecule has 0 saturated carbocycles. The Morgan fingerprint density at radius 2 is 1.88 bits per heavy atom. The highest BCUT2D eigenvalue weighted by atomic mass is 32.2.